The Balaban J connectivity index is 1.85. The molecule has 0 heterocycles. The molecule has 0 saturated carbocycles. The molecular formula is C21H21Cl3N2Si. The lowest BCUT2D eigenvalue weighted by molar-refractivity contribution is 0.915. The van der Waals surface area contributed by atoms with Gasteiger partial charge in [0.1, 0.15) is 0 Å². The average Bonchev–Trinajstić information content (AvgIpc) is 2.62. The first kappa shape index (κ1) is 20.1. The number of halogens is 3. The van der Waals surface area contributed by atoms with Gasteiger partial charge in [-0.25, -0.2) is 0 Å². The van der Waals surface area contributed by atoms with Gasteiger partial charge < -0.3 is 11.5 Å². The molecule has 6 heteroatoms. The van der Waals surface area contributed by atoms with Crippen molar-refractivity contribution >= 4 is 50.6 Å². The first-order valence-corrected chi connectivity index (χ1v) is 14.0. The van der Waals surface area contributed by atoms with Crippen molar-refractivity contribution in [3.8, 4) is 22.3 Å². The molecule has 0 unspecified atom stereocenters. The molecule has 0 aliphatic rings. The van der Waals surface area contributed by atoms with E-state index in [-0.39, 0.29) is 0 Å². The van der Waals surface area contributed by atoms with Gasteiger partial charge in [0.05, 0.1) is 0 Å². The number of rotatable bonds is 6. The van der Waals surface area contributed by atoms with Crippen LogP contribution in [0.1, 0.15) is 12.0 Å². The van der Waals surface area contributed by atoms with Crippen molar-refractivity contribution in [2.24, 2.45) is 0 Å². The molecule has 4 N–H and O–H groups in total. The minimum atomic E-state index is -2.54. The number of hydrogen-bond acceptors (Lipinski definition) is 2. The molecule has 0 aliphatic heterocycles. The highest BCUT2D eigenvalue weighted by Gasteiger charge is 2.23. The number of nitrogen functional groups attached to an aromatic ring is 2. The van der Waals surface area contributed by atoms with Gasteiger partial charge in [-0.1, -0.05) is 42.5 Å². The summed E-state index contributed by atoms with van der Waals surface area (Å²) < 4.78 is 0. The van der Waals surface area contributed by atoms with Crippen LogP contribution in [0, 0.1) is 0 Å². The summed E-state index contributed by atoms with van der Waals surface area (Å²) in [5.41, 5.74) is 19.0. The molecule has 0 bridgehead atoms. The summed E-state index contributed by atoms with van der Waals surface area (Å²) in [6.45, 7) is 0. The van der Waals surface area contributed by atoms with E-state index in [0.29, 0.717) is 6.04 Å². The topological polar surface area (TPSA) is 52.0 Å². The summed E-state index contributed by atoms with van der Waals surface area (Å²) in [6.07, 6.45) is 1.79. The highest BCUT2D eigenvalue weighted by Crippen LogP contribution is 2.34. The second kappa shape index (κ2) is 8.57. The lowest BCUT2D eigenvalue weighted by atomic mass is 9.93. The summed E-state index contributed by atoms with van der Waals surface area (Å²) in [6, 6.07) is 20.5. The van der Waals surface area contributed by atoms with Crippen molar-refractivity contribution in [2.75, 3.05) is 11.5 Å². The molecule has 0 aliphatic carbocycles. The van der Waals surface area contributed by atoms with Gasteiger partial charge >= 0.3 is 6.00 Å². The van der Waals surface area contributed by atoms with Crippen LogP contribution in [-0.4, -0.2) is 6.00 Å². The average molecular weight is 436 g/mol. The fourth-order valence-electron chi connectivity index (χ4n) is 3.06. The van der Waals surface area contributed by atoms with Crippen molar-refractivity contribution in [1.82, 2.24) is 0 Å². The van der Waals surface area contributed by atoms with Crippen LogP contribution >= 0.6 is 33.2 Å². The Morgan fingerprint density at radius 2 is 1.22 bits per heavy atom. The van der Waals surface area contributed by atoms with Gasteiger partial charge in [-0.3, -0.25) is 0 Å². The molecule has 0 aromatic heterocycles. The smallest absolute Gasteiger partial charge is 0.341 e. The lowest BCUT2D eigenvalue weighted by Crippen LogP contribution is -2.08. The zero-order valence-corrected chi connectivity index (χ0v) is 18.0. The van der Waals surface area contributed by atoms with Crippen molar-refractivity contribution < 1.29 is 0 Å². The molecule has 2 nitrogen and oxygen atoms in total. The minimum absolute atomic E-state index is 0.677. The van der Waals surface area contributed by atoms with Gasteiger partial charge in [0.15, 0.2) is 0 Å². The molecule has 0 fully saturated rings. The molecule has 3 rings (SSSR count). The van der Waals surface area contributed by atoms with Crippen molar-refractivity contribution in [3.63, 3.8) is 0 Å². The monoisotopic (exact) mass is 434 g/mol. The van der Waals surface area contributed by atoms with Crippen LogP contribution in [0.2, 0.25) is 6.04 Å². The standard InChI is InChI=1S/C21H21Cl3N2Si/c22-27(23,24)13-1-2-15-3-5-17(6-4-15)21-14-19(26)11-12-20(21)16-7-9-18(25)10-8-16/h3-12,14H,1-2,13,25-26H2. The third-order valence-corrected chi connectivity index (χ3v) is 7.08. The summed E-state index contributed by atoms with van der Waals surface area (Å²) in [5, 5.41) is 0. The van der Waals surface area contributed by atoms with Gasteiger partial charge in [-0.05, 0) is 71.0 Å². The number of anilines is 2. The Bertz CT molecular complexity index is 904. The number of nitrogens with two attached hydrogens (primary N) is 2. The maximum atomic E-state index is 6.05. The molecule has 140 valence electrons. The van der Waals surface area contributed by atoms with Crippen molar-refractivity contribution in [3.05, 3.63) is 72.3 Å². The summed E-state index contributed by atoms with van der Waals surface area (Å²) in [7, 11) is 0. The van der Waals surface area contributed by atoms with Gasteiger partial charge in [-0.15, -0.1) is 33.2 Å². The van der Waals surface area contributed by atoms with Crippen LogP contribution in [0.4, 0.5) is 11.4 Å². The molecule has 27 heavy (non-hydrogen) atoms. The van der Waals surface area contributed by atoms with Gasteiger partial charge in [0.25, 0.3) is 0 Å². The maximum Gasteiger partial charge on any atom is 0.341 e. The normalized spacial score (nSPS) is 11.5. The van der Waals surface area contributed by atoms with Crippen LogP contribution in [0.3, 0.4) is 0 Å². The van der Waals surface area contributed by atoms with E-state index in [2.05, 4.69) is 30.3 Å². The molecule has 0 saturated heterocycles. The van der Waals surface area contributed by atoms with E-state index in [1.54, 1.807) is 0 Å². The largest absolute Gasteiger partial charge is 0.399 e. The van der Waals surface area contributed by atoms with Crippen LogP contribution < -0.4 is 11.5 Å². The van der Waals surface area contributed by atoms with E-state index < -0.39 is 6.00 Å². The fourth-order valence-corrected chi connectivity index (χ4v) is 4.84. The van der Waals surface area contributed by atoms with E-state index in [0.717, 1.165) is 46.5 Å². The van der Waals surface area contributed by atoms with Crippen molar-refractivity contribution in [2.45, 2.75) is 18.9 Å². The molecule has 0 spiro atoms. The molecule has 3 aromatic carbocycles. The molecule has 3 aromatic rings. The number of benzene rings is 3. The molecule has 0 radical (unpaired) electrons. The Morgan fingerprint density at radius 1 is 0.667 bits per heavy atom. The predicted octanol–water partition coefficient (Wildman–Crippen LogP) is 6.77. The maximum absolute atomic E-state index is 6.05. The van der Waals surface area contributed by atoms with Crippen LogP contribution in [0.5, 0.6) is 0 Å². The molecular weight excluding hydrogens is 415 g/mol. The molecule has 0 amide bonds. The third kappa shape index (κ3) is 5.66. The first-order chi connectivity index (χ1) is 12.8. The quantitative estimate of drug-likeness (QED) is 0.255. The zero-order valence-electron chi connectivity index (χ0n) is 14.8. The van der Waals surface area contributed by atoms with Gasteiger partial charge in [0.2, 0.25) is 0 Å². The Morgan fingerprint density at radius 3 is 1.85 bits per heavy atom. The van der Waals surface area contributed by atoms with E-state index in [1.807, 2.05) is 36.4 Å². The SMILES string of the molecule is Nc1ccc(-c2ccc(N)cc2-c2ccc(CCC[Si](Cl)(Cl)Cl)cc2)cc1. The van der Waals surface area contributed by atoms with E-state index >= 15 is 0 Å². The van der Waals surface area contributed by atoms with E-state index in [4.69, 9.17) is 44.7 Å². The Kier molecular flexibility index (Phi) is 6.38. The Hall–Kier alpha value is -1.65. The van der Waals surface area contributed by atoms with Crippen LogP contribution in [-0.2, 0) is 6.42 Å². The summed E-state index contributed by atoms with van der Waals surface area (Å²) >= 11 is 17.9. The van der Waals surface area contributed by atoms with Crippen LogP contribution in [0.25, 0.3) is 22.3 Å². The Labute approximate surface area is 175 Å². The highest BCUT2D eigenvalue weighted by molar-refractivity contribution is 7.64. The summed E-state index contributed by atoms with van der Waals surface area (Å²) in [4.78, 5) is 0. The minimum Gasteiger partial charge on any atom is -0.399 e. The van der Waals surface area contributed by atoms with Gasteiger partial charge in [-0.2, -0.15) is 0 Å². The fraction of sp³-hybridized carbons (Fsp3) is 0.143. The number of aryl methyl sites for hydroxylation is 1. The van der Waals surface area contributed by atoms with Gasteiger partial charge in [0, 0.05) is 11.4 Å². The van der Waals surface area contributed by atoms with E-state index in [1.165, 1.54) is 5.56 Å². The zero-order chi connectivity index (χ0) is 19.4. The first-order valence-electron chi connectivity index (χ1n) is 8.73. The van der Waals surface area contributed by atoms with Crippen molar-refractivity contribution in [1.29, 1.82) is 0 Å². The highest BCUT2D eigenvalue weighted by atomic mass is 35.8. The summed E-state index contributed by atoms with van der Waals surface area (Å²) in [5.74, 6) is 0. The third-order valence-electron chi connectivity index (χ3n) is 4.46. The second-order valence-corrected chi connectivity index (χ2v) is 15.9. The lowest BCUT2D eigenvalue weighted by Gasteiger charge is -2.13. The number of hydrogen-bond donors (Lipinski definition) is 2. The van der Waals surface area contributed by atoms with E-state index in [9.17, 15) is 0 Å². The van der Waals surface area contributed by atoms with Crippen LogP contribution in [0.15, 0.2) is 66.7 Å². The predicted molar refractivity (Wildman–Crippen MR) is 123 cm³/mol. The molecule has 0 atom stereocenters. The second-order valence-electron chi connectivity index (χ2n) is 6.59.